The molecule has 2 heterocycles. The molecule has 0 aliphatic carbocycles. The largest absolute Gasteiger partial charge is 0.335 e. The van der Waals surface area contributed by atoms with Crippen molar-refractivity contribution in [1.29, 1.82) is 0 Å². The Kier molecular flexibility index (Phi) is 3.46. The zero-order valence-electron chi connectivity index (χ0n) is 11.4. The van der Waals surface area contributed by atoms with Crippen LogP contribution >= 0.6 is 0 Å². The maximum atomic E-state index is 13.6. The molecule has 2 aliphatic rings. The maximum absolute atomic E-state index is 13.6. The summed E-state index contributed by atoms with van der Waals surface area (Å²) in [6.45, 7) is 3.71. The third-order valence-corrected chi connectivity index (χ3v) is 4.46. The third kappa shape index (κ3) is 2.20. The van der Waals surface area contributed by atoms with E-state index in [2.05, 4.69) is 5.32 Å². The Morgan fingerprint density at radius 1 is 1.35 bits per heavy atom. The minimum atomic E-state index is -0.647. The molecule has 0 saturated carbocycles. The summed E-state index contributed by atoms with van der Waals surface area (Å²) in [7, 11) is 0. The van der Waals surface area contributed by atoms with Crippen molar-refractivity contribution in [3.05, 3.63) is 35.4 Å². The summed E-state index contributed by atoms with van der Waals surface area (Å²) < 4.78 is 27.3. The highest BCUT2D eigenvalue weighted by Gasteiger charge is 2.43. The number of carbonyl (C=O) groups excluding carboxylic acids is 1. The number of amides is 1. The van der Waals surface area contributed by atoms with Crippen LogP contribution in [0.5, 0.6) is 0 Å². The second kappa shape index (κ2) is 5.13. The van der Waals surface area contributed by atoms with Gasteiger partial charge in [0.1, 0.15) is 11.6 Å². The summed E-state index contributed by atoms with van der Waals surface area (Å²) in [5, 5.41) is 3.27. The Labute approximate surface area is 117 Å². The van der Waals surface area contributed by atoms with E-state index in [0.717, 1.165) is 19.5 Å². The standard InChI is InChI=1S/C15H18F2N2O/c1-9-5-10-7-18-8-14(10)19(9)15(20)6-11-12(16)3-2-4-13(11)17/h2-4,9-10,14,18H,5-8H2,1H3. The molecule has 0 spiro atoms. The fourth-order valence-electron chi connectivity index (χ4n) is 3.54. The SMILES string of the molecule is CC1CC2CNCC2N1C(=O)Cc1c(F)cccc1F. The Morgan fingerprint density at radius 3 is 2.75 bits per heavy atom. The van der Waals surface area contributed by atoms with Gasteiger partial charge in [-0.1, -0.05) is 6.07 Å². The van der Waals surface area contributed by atoms with Gasteiger partial charge in [-0.25, -0.2) is 8.78 Å². The first-order valence-corrected chi connectivity index (χ1v) is 7.02. The van der Waals surface area contributed by atoms with Gasteiger partial charge in [-0.3, -0.25) is 4.79 Å². The van der Waals surface area contributed by atoms with E-state index >= 15 is 0 Å². The van der Waals surface area contributed by atoms with Crippen LogP contribution in [0.4, 0.5) is 8.78 Å². The van der Waals surface area contributed by atoms with Gasteiger partial charge in [0.05, 0.1) is 6.42 Å². The first-order chi connectivity index (χ1) is 9.58. The van der Waals surface area contributed by atoms with E-state index in [1.807, 2.05) is 11.8 Å². The second-order valence-electron chi connectivity index (χ2n) is 5.75. The van der Waals surface area contributed by atoms with E-state index < -0.39 is 11.6 Å². The summed E-state index contributed by atoms with van der Waals surface area (Å²) in [4.78, 5) is 14.3. The quantitative estimate of drug-likeness (QED) is 0.894. The van der Waals surface area contributed by atoms with Crippen LogP contribution < -0.4 is 5.32 Å². The third-order valence-electron chi connectivity index (χ3n) is 4.46. The number of likely N-dealkylation sites (tertiary alicyclic amines) is 1. The molecule has 2 fully saturated rings. The zero-order valence-corrected chi connectivity index (χ0v) is 11.4. The molecular weight excluding hydrogens is 262 g/mol. The summed E-state index contributed by atoms with van der Waals surface area (Å²) in [6, 6.07) is 4.02. The highest BCUT2D eigenvalue weighted by molar-refractivity contribution is 5.80. The smallest absolute Gasteiger partial charge is 0.227 e. The highest BCUT2D eigenvalue weighted by atomic mass is 19.1. The second-order valence-corrected chi connectivity index (χ2v) is 5.75. The van der Waals surface area contributed by atoms with E-state index in [9.17, 15) is 13.6 Å². The molecule has 3 nitrogen and oxygen atoms in total. The Morgan fingerprint density at radius 2 is 2.05 bits per heavy atom. The van der Waals surface area contributed by atoms with Crippen molar-refractivity contribution in [2.24, 2.45) is 5.92 Å². The maximum Gasteiger partial charge on any atom is 0.227 e. The lowest BCUT2D eigenvalue weighted by Gasteiger charge is -2.27. The Bertz CT molecular complexity index is 514. The van der Waals surface area contributed by atoms with Crippen molar-refractivity contribution in [1.82, 2.24) is 10.2 Å². The number of fused-ring (bicyclic) bond motifs is 1. The highest BCUT2D eigenvalue weighted by Crippen LogP contribution is 2.32. The molecule has 0 radical (unpaired) electrons. The van der Waals surface area contributed by atoms with Gasteiger partial charge >= 0.3 is 0 Å². The molecule has 1 N–H and O–H groups in total. The minimum Gasteiger partial charge on any atom is -0.335 e. The molecule has 1 aromatic carbocycles. The normalized spacial score (nSPS) is 28.8. The number of hydrogen-bond acceptors (Lipinski definition) is 2. The topological polar surface area (TPSA) is 32.3 Å². The summed E-state index contributed by atoms with van der Waals surface area (Å²) in [5.74, 6) is -1.00. The van der Waals surface area contributed by atoms with Gasteiger partial charge in [-0.15, -0.1) is 0 Å². The number of rotatable bonds is 2. The molecular formula is C15H18F2N2O. The van der Waals surface area contributed by atoms with Gasteiger partial charge in [0.15, 0.2) is 0 Å². The van der Waals surface area contributed by atoms with Gasteiger partial charge in [0.25, 0.3) is 0 Å². The van der Waals surface area contributed by atoms with Crippen LogP contribution in [0.15, 0.2) is 18.2 Å². The lowest BCUT2D eigenvalue weighted by molar-refractivity contribution is -0.133. The molecule has 3 unspecified atom stereocenters. The molecule has 108 valence electrons. The Hall–Kier alpha value is -1.49. The van der Waals surface area contributed by atoms with Gasteiger partial charge in [-0.05, 0) is 31.4 Å². The van der Waals surface area contributed by atoms with Gasteiger partial charge in [0, 0.05) is 30.7 Å². The minimum absolute atomic E-state index is 0.126. The molecule has 20 heavy (non-hydrogen) atoms. The molecule has 2 aliphatic heterocycles. The first kappa shape index (κ1) is 13.5. The van der Waals surface area contributed by atoms with E-state index in [1.165, 1.54) is 18.2 Å². The van der Waals surface area contributed by atoms with Crippen molar-refractivity contribution < 1.29 is 13.6 Å². The summed E-state index contributed by atoms with van der Waals surface area (Å²) in [5.41, 5.74) is -0.126. The number of nitrogens with zero attached hydrogens (tertiary/aromatic N) is 1. The van der Waals surface area contributed by atoms with Gasteiger partial charge in [0.2, 0.25) is 5.91 Å². The fraction of sp³-hybridized carbons (Fsp3) is 0.533. The van der Waals surface area contributed by atoms with Crippen LogP contribution in [0.1, 0.15) is 18.9 Å². The molecule has 5 heteroatoms. The van der Waals surface area contributed by atoms with Crippen LogP contribution in [0, 0.1) is 17.6 Å². The number of nitrogens with one attached hydrogen (secondary N) is 1. The molecule has 0 aromatic heterocycles. The predicted octanol–water partition coefficient (Wildman–Crippen LogP) is 1.72. The van der Waals surface area contributed by atoms with Crippen LogP contribution in [0.3, 0.4) is 0 Å². The van der Waals surface area contributed by atoms with Crippen LogP contribution in [-0.2, 0) is 11.2 Å². The lowest BCUT2D eigenvalue weighted by atomic mass is 10.0. The molecule has 2 saturated heterocycles. The number of carbonyl (C=O) groups is 1. The van der Waals surface area contributed by atoms with Gasteiger partial charge in [-0.2, -0.15) is 0 Å². The molecule has 1 amide bonds. The summed E-state index contributed by atoms with van der Waals surface area (Å²) in [6.07, 6.45) is 0.759. The van der Waals surface area contributed by atoms with Crippen LogP contribution in [-0.4, -0.2) is 36.0 Å². The number of benzene rings is 1. The fourth-order valence-corrected chi connectivity index (χ4v) is 3.54. The van der Waals surface area contributed by atoms with Crippen molar-refractivity contribution >= 4 is 5.91 Å². The van der Waals surface area contributed by atoms with Crippen LogP contribution in [0.25, 0.3) is 0 Å². The van der Waals surface area contributed by atoms with E-state index in [4.69, 9.17) is 0 Å². The number of hydrogen-bond donors (Lipinski definition) is 1. The predicted molar refractivity (Wildman–Crippen MR) is 71.1 cm³/mol. The summed E-state index contributed by atoms with van der Waals surface area (Å²) >= 11 is 0. The van der Waals surface area contributed by atoms with Crippen molar-refractivity contribution in [2.75, 3.05) is 13.1 Å². The van der Waals surface area contributed by atoms with E-state index in [-0.39, 0.29) is 30.0 Å². The molecule has 0 bridgehead atoms. The number of halogens is 2. The molecule has 3 atom stereocenters. The monoisotopic (exact) mass is 280 g/mol. The average Bonchev–Trinajstić information content (AvgIpc) is 2.93. The van der Waals surface area contributed by atoms with Crippen molar-refractivity contribution in [3.8, 4) is 0 Å². The van der Waals surface area contributed by atoms with Crippen LogP contribution in [0.2, 0.25) is 0 Å². The molecule has 1 aromatic rings. The van der Waals surface area contributed by atoms with E-state index in [0.29, 0.717) is 5.92 Å². The van der Waals surface area contributed by atoms with Crippen molar-refractivity contribution in [3.63, 3.8) is 0 Å². The van der Waals surface area contributed by atoms with Gasteiger partial charge < -0.3 is 10.2 Å². The molecule has 3 rings (SSSR count). The average molecular weight is 280 g/mol. The zero-order chi connectivity index (χ0) is 14.3. The Balaban J connectivity index is 1.79. The lowest BCUT2D eigenvalue weighted by Crippen LogP contribution is -2.43. The van der Waals surface area contributed by atoms with Crippen molar-refractivity contribution in [2.45, 2.75) is 31.8 Å². The van der Waals surface area contributed by atoms with E-state index in [1.54, 1.807) is 0 Å². The first-order valence-electron chi connectivity index (χ1n) is 7.02.